The van der Waals surface area contributed by atoms with E-state index in [0.717, 1.165) is 38.8 Å². The van der Waals surface area contributed by atoms with Crippen LogP contribution >= 0.6 is 0 Å². The lowest BCUT2D eigenvalue weighted by atomic mass is 10.0. The number of H-pyrrole nitrogens is 2. The Labute approximate surface area is 776 Å². The van der Waals surface area contributed by atoms with Crippen molar-refractivity contribution in [3.63, 3.8) is 0 Å². The molecule has 0 saturated heterocycles. The number of nitrogens with one attached hydrogen (secondary N) is 6. The van der Waals surface area contributed by atoms with E-state index < -0.39 is 90.2 Å². The molecule has 0 spiro atoms. The lowest BCUT2D eigenvalue weighted by Crippen LogP contribution is -2.35. The van der Waals surface area contributed by atoms with Gasteiger partial charge in [0.05, 0.1) is 83.9 Å². The summed E-state index contributed by atoms with van der Waals surface area (Å²) < 4.78 is 214. The van der Waals surface area contributed by atoms with Gasteiger partial charge in [0, 0.05) is 94.4 Å². The Balaban J connectivity index is 0.000000158. The number of benzene rings is 9. The summed E-state index contributed by atoms with van der Waals surface area (Å²) in [4.78, 5) is 97.5. The molecule has 726 valence electrons. The van der Waals surface area contributed by atoms with Gasteiger partial charge in [-0.3, -0.25) is 37.9 Å². The molecule has 3 aromatic heterocycles. The van der Waals surface area contributed by atoms with E-state index in [4.69, 9.17) is 55.7 Å². The van der Waals surface area contributed by atoms with Gasteiger partial charge in [-0.2, -0.15) is 0 Å². The minimum atomic E-state index is -3.77. The van der Waals surface area contributed by atoms with Crippen LogP contribution in [0.5, 0.6) is 11.5 Å². The van der Waals surface area contributed by atoms with E-state index in [1.165, 1.54) is 142 Å². The maximum Gasteiger partial charge on any atom is 0.328 e. The second-order valence-electron chi connectivity index (χ2n) is 30.1. The molecule has 0 saturated carbocycles. The molecule has 6 aliphatic rings. The quantitative estimate of drug-likeness (QED) is 0.0912. The number of anilines is 6. The number of amides is 6. The third-order valence-electron chi connectivity index (χ3n) is 20.4. The van der Waals surface area contributed by atoms with Crippen LogP contribution in [0.3, 0.4) is 0 Å². The summed E-state index contributed by atoms with van der Waals surface area (Å²) in [6.45, 7) is 1.97. The number of carbonyl (C=O) groups excluding carboxylic acids is 6. The Bertz CT molecular complexity index is 8130. The van der Waals surface area contributed by atoms with Crippen molar-refractivity contribution in [1.29, 1.82) is 0 Å². The Kier molecular flexibility index (Phi) is 31.6. The van der Waals surface area contributed by atoms with Crippen molar-refractivity contribution >= 4 is 193 Å². The minimum Gasteiger partial charge on any atom is -0.482 e. The zero-order valence-electron chi connectivity index (χ0n) is 71.9. The van der Waals surface area contributed by atoms with Crippen molar-refractivity contribution < 1.29 is 114 Å². The molecule has 0 aliphatic carbocycles. The van der Waals surface area contributed by atoms with Crippen LogP contribution in [0.15, 0.2) is 230 Å². The Morgan fingerprint density at radius 2 is 0.757 bits per heavy atom. The number of hydrogen-bond acceptors (Lipinski definition) is 28. The lowest BCUT2D eigenvalue weighted by Gasteiger charge is -2.26. The molecule has 24 N–H and O–H groups in total. The fourth-order valence-electron chi connectivity index (χ4n) is 13.5. The molecule has 136 heavy (non-hydrogen) atoms. The van der Waals surface area contributed by atoms with Crippen LogP contribution in [0.2, 0.25) is 0 Å². The standard InChI is InChI=1S/2C10H12N2O3S.C9H11N3O3S.C9H10N2O4S.C9H10N2O3S.C9H10N2O2S.C8H8N2O4S.C8H8N2O3S.C7H7N3O3S/c1-7(13)12-5-4-8-6-9(16(11,14)15)2-3-10(8)12;11-16(14,15)8-4-5-9-7(6-8)2-1-3-10(13)12-9;1-11-7-4-3-6(16(10,14)15)5-8(7)12(2)9(11)13;1-11-7-4-6(16(10,13)14)2-3-8(7)15-5-9(11)12;10-15(13,14)7-2-3-8-6(5-7)1-4-9(12)11-8;1-11-5-4-7-6-8(14(10,12)13)2-3-9(7)11;9-15(12,13)5-1-2-7-6(3-5)10-8(11)4-14-7;9-14(12,13)6-2-1-5-3-8(11)10-7(5)4-6;8-14(12,13)4-1-2-5-6(3-4)10-7(11)9-5/h2-3,6H,4-5H2,1H3,(H2,11,14,15);4-6H,1-3H2,(H,12,13)(H2,11,14,15);3-5H,1-2H3,(H2,10,14,15);2-4H,5H2,1H3,(H2,10,13,14);2-3,5H,1,4H2,(H,11,12)(H2,10,13,14);2-6H,1H3,(H2,10,12,13);1-3H,4H2,(H,10,11)(H2,9,12,13);1-2,4H,3H2,(H,10,11)(H2,9,12,13);1-3H,(H2,8,12,13)(H2,9,10,11). The SMILES string of the molecule is CC(=O)N1CCc2cc(S(N)(=O)=O)ccc21.CN1C(=O)COc2ccc(S(N)(=O)=O)cc21.Cn1c(=O)n(C)c2cc(S(N)(=O)=O)ccc21.Cn1ccc2cc(S(N)(=O)=O)ccc21.NS(=O)(=O)c1ccc2[nH]c(=O)[nH]c2c1.NS(=O)(=O)c1ccc2c(c1)CCC(=O)N2.NS(=O)(=O)c1ccc2c(c1)CCCC(=O)N2.NS(=O)(=O)c1ccc2c(c1)NC(=O)C2.NS(=O)(=O)c1ccc2c(c1)NC(=O)CO2. The predicted octanol–water partition coefficient (Wildman–Crippen LogP) is 0.107. The first kappa shape index (κ1) is 105. The second kappa shape index (κ2) is 41.1. The lowest BCUT2D eigenvalue weighted by molar-refractivity contribution is -0.121. The van der Waals surface area contributed by atoms with Crippen molar-refractivity contribution in [3.05, 3.63) is 219 Å². The number of sulfonamides is 9. The van der Waals surface area contributed by atoms with E-state index in [1.54, 1.807) is 68.5 Å². The summed E-state index contributed by atoms with van der Waals surface area (Å²) in [5.74, 6) is 0.0753. The van der Waals surface area contributed by atoms with Crippen LogP contribution in [0.4, 0.5) is 34.1 Å². The molecule has 0 unspecified atom stereocenters. The molecule has 18 rings (SSSR count). The normalized spacial score (nSPS) is 14.4. The molecule has 9 aromatic carbocycles. The molecular weight excluding hydrogens is 1970 g/mol. The predicted molar refractivity (Wildman–Crippen MR) is 497 cm³/mol. The molecule has 12 aromatic rings. The summed E-state index contributed by atoms with van der Waals surface area (Å²) in [5.41, 5.74) is 9.20. The first-order valence-corrected chi connectivity index (χ1v) is 52.8. The van der Waals surface area contributed by atoms with Gasteiger partial charge in [-0.05, 0) is 212 Å². The molecule has 0 radical (unpaired) electrons. The Morgan fingerprint density at radius 3 is 1.32 bits per heavy atom. The summed E-state index contributed by atoms with van der Waals surface area (Å²) in [7, 11) is -26.6. The van der Waals surface area contributed by atoms with E-state index in [9.17, 15) is 114 Å². The summed E-state index contributed by atoms with van der Waals surface area (Å²) >= 11 is 0. The monoisotopic (exact) mass is 2050 g/mol. The number of aryl methyl sites for hydroxylation is 5. The van der Waals surface area contributed by atoms with Crippen molar-refractivity contribution in [1.82, 2.24) is 23.7 Å². The highest BCUT2D eigenvalue weighted by molar-refractivity contribution is 7.91. The van der Waals surface area contributed by atoms with Gasteiger partial charge in [0.15, 0.2) is 13.2 Å². The van der Waals surface area contributed by atoms with E-state index in [1.807, 2.05) is 23.9 Å². The average Bonchev–Trinajstić information content (AvgIpc) is 1.62. The fraction of sp³-hybridized carbons (Fsp3) is 0.190. The van der Waals surface area contributed by atoms with Crippen LogP contribution in [-0.2, 0) is 166 Å². The second-order valence-corrected chi connectivity index (χ2v) is 44.2. The highest BCUT2D eigenvalue weighted by atomic mass is 32.2. The third kappa shape index (κ3) is 27.1. The van der Waals surface area contributed by atoms with Crippen LogP contribution in [0, 0.1) is 0 Å². The summed E-state index contributed by atoms with van der Waals surface area (Å²) in [6, 6.07) is 41.3. The largest absolute Gasteiger partial charge is 0.482 e. The molecule has 9 heterocycles. The van der Waals surface area contributed by atoms with Gasteiger partial charge in [0.25, 0.3) is 11.8 Å². The van der Waals surface area contributed by atoms with Gasteiger partial charge in [0.2, 0.25) is 114 Å². The number of aromatic amines is 2. The van der Waals surface area contributed by atoms with Crippen molar-refractivity contribution in [2.45, 2.75) is 95.9 Å². The number of hydrogen-bond donors (Lipinski definition) is 15. The number of primary sulfonamides is 9. The van der Waals surface area contributed by atoms with Crippen LogP contribution in [-0.4, -0.2) is 162 Å². The number of aromatic nitrogens is 5. The third-order valence-corrected chi connectivity index (χ3v) is 28.6. The fourth-order valence-corrected chi connectivity index (χ4v) is 18.4. The first-order chi connectivity index (χ1) is 62.9. The molecule has 0 bridgehead atoms. The van der Waals surface area contributed by atoms with E-state index in [0.29, 0.717) is 113 Å². The first-order valence-electron chi connectivity index (χ1n) is 38.9. The number of rotatable bonds is 9. The van der Waals surface area contributed by atoms with Crippen LogP contribution in [0.25, 0.3) is 33.0 Å². The summed E-state index contributed by atoms with van der Waals surface area (Å²) in [6.07, 6.45) is 5.60. The van der Waals surface area contributed by atoms with E-state index >= 15 is 0 Å². The smallest absolute Gasteiger partial charge is 0.328 e. The number of likely N-dealkylation sites (N-methyl/N-ethyl adjacent to an activating group) is 1. The molecule has 0 atom stereocenters. The summed E-state index contributed by atoms with van der Waals surface area (Å²) in [5, 5.41) is 56.2. The molecule has 57 heteroatoms. The number of nitrogens with two attached hydrogens (primary N) is 9. The minimum absolute atomic E-state index is 0.00111. The number of imidazole rings is 2. The van der Waals surface area contributed by atoms with E-state index in [-0.39, 0.29) is 104 Å². The van der Waals surface area contributed by atoms with Gasteiger partial charge < -0.3 is 55.1 Å². The Hall–Kier alpha value is -13.3. The molecule has 6 amide bonds. The number of ether oxygens (including phenoxy) is 2. The van der Waals surface area contributed by atoms with Gasteiger partial charge in [0.1, 0.15) is 11.5 Å². The maximum atomic E-state index is 11.6. The van der Waals surface area contributed by atoms with Gasteiger partial charge >= 0.3 is 11.4 Å². The van der Waals surface area contributed by atoms with Gasteiger partial charge in [-0.15, -0.1) is 0 Å². The molecule has 48 nitrogen and oxygen atoms in total. The van der Waals surface area contributed by atoms with Gasteiger partial charge in [-0.25, -0.2) is 132 Å². The van der Waals surface area contributed by atoms with Crippen molar-refractivity contribution in [3.8, 4) is 11.5 Å². The van der Waals surface area contributed by atoms with Crippen molar-refractivity contribution in [2.75, 3.05) is 57.9 Å². The van der Waals surface area contributed by atoms with Crippen LogP contribution < -0.4 is 98.2 Å². The van der Waals surface area contributed by atoms with Gasteiger partial charge in [-0.1, -0.05) is 6.07 Å². The molecular formula is C79H88N20O28S9. The van der Waals surface area contributed by atoms with E-state index in [2.05, 4.69) is 31.2 Å². The highest BCUT2D eigenvalue weighted by Crippen LogP contribution is 2.36. The molecule has 6 aliphatic heterocycles. The topological polar surface area (TPSA) is 797 Å². The van der Waals surface area contributed by atoms with Crippen molar-refractivity contribution in [2.24, 2.45) is 67.4 Å². The molecule has 0 fully saturated rings. The Morgan fingerprint density at radius 1 is 0.338 bits per heavy atom. The number of nitrogens with zero attached hydrogens (tertiary/aromatic N) is 5. The number of fused-ring (bicyclic) bond motifs is 9. The average molecular weight is 2050 g/mol. The van der Waals surface area contributed by atoms with Crippen LogP contribution in [0.1, 0.15) is 48.4 Å². The maximum absolute atomic E-state index is 11.6. The highest BCUT2D eigenvalue weighted by Gasteiger charge is 2.29. The number of carbonyl (C=O) groups is 6. The zero-order chi connectivity index (χ0) is 101. The zero-order valence-corrected chi connectivity index (χ0v) is 79.2.